The molecule has 0 atom stereocenters. The van der Waals surface area contributed by atoms with Gasteiger partial charge < -0.3 is 10.1 Å². The van der Waals surface area contributed by atoms with Crippen molar-refractivity contribution in [3.05, 3.63) is 72.3 Å². The number of hydrogen-bond acceptors (Lipinski definition) is 5. The molecule has 0 unspecified atom stereocenters. The van der Waals surface area contributed by atoms with Gasteiger partial charge in [-0.05, 0) is 34.5 Å². The van der Waals surface area contributed by atoms with Crippen LogP contribution in [0.4, 0.5) is 5.69 Å². The average molecular weight is 426 g/mol. The normalized spacial score (nSPS) is 11.4. The predicted octanol–water partition coefficient (Wildman–Crippen LogP) is 2.81. The summed E-state index contributed by atoms with van der Waals surface area (Å²) in [4.78, 5) is 24.4. The second-order valence-electron chi connectivity index (χ2n) is 6.84. The molecule has 3 aromatic rings. The fourth-order valence-corrected chi connectivity index (χ4v) is 3.89. The standard InChI is InChI=1S/C22H22N2O5S/c1-24(2)30(27,28)19-11-6-10-18(14-19)23-21(25)15-29-22(26)13-17-9-5-8-16-7-3-4-12-20(16)17/h3-12,14H,13,15H2,1-2H3,(H,23,25). The highest BCUT2D eigenvalue weighted by Crippen LogP contribution is 2.20. The van der Waals surface area contributed by atoms with Crippen LogP contribution in [-0.2, 0) is 30.8 Å². The van der Waals surface area contributed by atoms with Gasteiger partial charge in [-0.1, -0.05) is 48.5 Å². The van der Waals surface area contributed by atoms with Crippen molar-refractivity contribution >= 4 is 38.4 Å². The molecule has 7 nitrogen and oxygen atoms in total. The summed E-state index contributed by atoms with van der Waals surface area (Å²) in [6.45, 7) is -0.464. The van der Waals surface area contributed by atoms with Crippen LogP contribution in [0.3, 0.4) is 0 Å². The molecule has 0 saturated carbocycles. The zero-order chi connectivity index (χ0) is 21.7. The van der Waals surface area contributed by atoms with Crippen molar-refractivity contribution in [1.82, 2.24) is 4.31 Å². The third-order valence-electron chi connectivity index (χ3n) is 4.48. The minimum atomic E-state index is -3.62. The van der Waals surface area contributed by atoms with E-state index in [9.17, 15) is 18.0 Å². The summed E-state index contributed by atoms with van der Waals surface area (Å²) >= 11 is 0. The first kappa shape index (κ1) is 21.5. The van der Waals surface area contributed by atoms with E-state index in [2.05, 4.69) is 5.32 Å². The van der Waals surface area contributed by atoms with Crippen LogP contribution in [0.5, 0.6) is 0 Å². The molecular weight excluding hydrogens is 404 g/mol. The molecule has 0 bridgehead atoms. The molecular formula is C22H22N2O5S. The molecule has 1 amide bonds. The molecule has 0 radical (unpaired) electrons. The van der Waals surface area contributed by atoms with E-state index < -0.39 is 28.5 Å². The topological polar surface area (TPSA) is 92.8 Å². The van der Waals surface area contributed by atoms with Crippen LogP contribution in [0, 0.1) is 0 Å². The number of carbonyl (C=O) groups excluding carboxylic acids is 2. The number of benzene rings is 3. The molecule has 0 aliphatic carbocycles. The van der Waals surface area contributed by atoms with Gasteiger partial charge in [0.2, 0.25) is 10.0 Å². The van der Waals surface area contributed by atoms with Gasteiger partial charge in [-0.2, -0.15) is 0 Å². The van der Waals surface area contributed by atoms with Crippen molar-refractivity contribution < 1.29 is 22.7 Å². The number of carbonyl (C=O) groups is 2. The van der Waals surface area contributed by atoms with E-state index >= 15 is 0 Å². The monoisotopic (exact) mass is 426 g/mol. The third-order valence-corrected chi connectivity index (χ3v) is 6.29. The van der Waals surface area contributed by atoms with Gasteiger partial charge in [-0.3, -0.25) is 9.59 Å². The Morgan fingerprint density at radius 2 is 1.67 bits per heavy atom. The van der Waals surface area contributed by atoms with Gasteiger partial charge in [0, 0.05) is 19.8 Å². The molecule has 0 spiro atoms. The van der Waals surface area contributed by atoms with Crippen LogP contribution >= 0.6 is 0 Å². The quantitative estimate of drug-likeness (QED) is 0.587. The van der Waals surface area contributed by atoms with Crippen molar-refractivity contribution in [2.45, 2.75) is 11.3 Å². The number of ether oxygens (including phenoxy) is 1. The number of fused-ring (bicyclic) bond motifs is 1. The molecule has 156 valence electrons. The van der Waals surface area contributed by atoms with E-state index in [4.69, 9.17) is 4.74 Å². The van der Waals surface area contributed by atoms with Crippen molar-refractivity contribution in [3.63, 3.8) is 0 Å². The summed E-state index contributed by atoms with van der Waals surface area (Å²) < 4.78 is 30.6. The zero-order valence-corrected chi connectivity index (χ0v) is 17.5. The molecule has 0 saturated heterocycles. The molecule has 0 aliphatic rings. The van der Waals surface area contributed by atoms with Gasteiger partial charge in [0.15, 0.2) is 6.61 Å². The lowest BCUT2D eigenvalue weighted by molar-refractivity contribution is -0.146. The molecule has 0 aliphatic heterocycles. The smallest absolute Gasteiger partial charge is 0.310 e. The van der Waals surface area contributed by atoms with Crippen LogP contribution in [-0.4, -0.2) is 45.3 Å². The summed E-state index contributed by atoms with van der Waals surface area (Å²) in [6, 6.07) is 19.3. The molecule has 3 rings (SSSR count). The van der Waals surface area contributed by atoms with E-state index in [-0.39, 0.29) is 11.3 Å². The molecule has 8 heteroatoms. The molecule has 0 aromatic heterocycles. The van der Waals surface area contributed by atoms with Crippen LogP contribution in [0.2, 0.25) is 0 Å². The number of esters is 1. The van der Waals surface area contributed by atoms with E-state index in [1.807, 2.05) is 42.5 Å². The molecule has 3 aromatic carbocycles. The molecule has 0 heterocycles. The largest absolute Gasteiger partial charge is 0.455 e. The lowest BCUT2D eigenvalue weighted by atomic mass is 10.0. The Labute approximate surface area is 175 Å². The Balaban J connectivity index is 1.59. The Bertz CT molecular complexity index is 1180. The minimum absolute atomic E-state index is 0.0468. The minimum Gasteiger partial charge on any atom is -0.455 e. The maximum absolute atomic E-state index is 12.2. The Morgan fingerprint density at radius 1 is 0.967 bits per heavy atom. The predicted molar refractivity (Wildman–Crippen MR) is 115 cm³/mol. The molecule has 0 fully saturated rings. The van der Waals surface area contributed by atoms with Gasteiger partial charge >= 0.3 is 5.97 Å². The van der Waals surface area contributed by atoms with Crippen LogP contribution < -0.4 is 5.32 Å². The second kappa shape index (κ2) is 9.06. The first-order chi connectivity index (χ1) is 14.3. The highest BCUT2D eigenvalue weighted by atomic mass is 32.2. The van der Waals surface area contributed by atoms with Crippen molar-refractivity contribution in [2.75, 3.05) is 26.0 Å². The van der Waals surface area contributed by atoms with Gasteiger partial charge in [-0.15, -0.1) is 0 Å². The number of amides is 1. The van der Waals surface area contributed by atoms with Crippen molar-refractivity contribution in [3.8, 4) is 0 Å². The summed E-state index contributed by atoms with van der Waals surface area (Å²) in [7, 11) is -0.764. The Hall–Kier alpha value is -3.23. The summed E-state index contributed by atoms with van der Waals surface area (Å²) in [6.07, 6.45) is 0.0468. The fraction of sp³-hybridized carbons (Fsp3) is 0.182. The third kappa shape index (κ3) is 5.03. The maximum atomic E-state index is 12.2. The van der Waals surface area contributed by atoms with Gasteiger partial charge in [0.25, 0.3) is 5.91 Å². The number of anilines is 1. The summed E-state index contributed by atoms with van der Waals surface area (Å²) in [5.74, 6) is -1.08. The van der Waals surface area contributed by atoms with Crippen LogP contribution in [0.15, 0.2) is 71.6 Å². The number of sulfonamides is 1. The first-order valence-electron chi connectivity index (χ1n) is 9.22. The van der Waals surface area contributed by atoms with E-state index in [1.54, 1.807) is 6.07 Å². The lowest BCUT2D eigenvalue weighted by Gasteiger charge is -2.13. The zero-order valence-electron chi connectivity index (χ0n) is 16.7. The van der Waals surface area contributed by atoms with Crippen LogP contribution in [0.1, 0.15) is 5.56 Å². The fourth-order valence-electron chi connectivity index (χ4n) is 2.94. The molecule has 30 heavy (non-hydrogen) atoms. The number of rotatable bonds is 7. The SMILES string of the molecule is CN(C)S(=O)(=O)c1cccc(NC(=O)COC(=O)Cc2cccc3ccccc23)c1. The van der Waals surface area contributed by atoms with E-state index in [1.165, 1.54) is 32.3 Å². The average Bonchev–Trinajstić information content (AvgIpc) is 2.72. The van der Waals surface area contributed by atoms with Crippen molar-refractivity contribution in [2.24, 2.45) is 0 Å². The van der Waals surface area contributed by atoms with E-state index in [0.29, 0.717) is 5.69 Å². The number of hydrogen-bond donors (Lipinski definition) is 1. The highest BCUT2D eigenvalue weighted by molar-refractivity contribution is 7.89. The highest BCUT2D eigenvalue weighted by Gasteiger charge is 2.18. The van der Waals surface area contributed by atoms with Crippen LogP contribution in [0.25, 0.3) is 10.8 Å². The summed E-state index contributed by atoms with van der Waals surface area (Å²) in [5, 5.41) is 4.52. The Kier molecular flexibility index (Phi) is 6.49. The van der Waals surface area contributed by atoms with Crippen molar-refractivity contribution in [1.29, 1.82) is 0 Å². The Morgan fingerprint density at radius 3 is 2.43 bits per heavy atom. The van der Waals surface area contributed by atoms with Gasteiger partial charge in [-0.25, -0.2) is 12.7 Å². The first-order valence-corrected chi connectivity index (χ1v) is 10.7. The van der Waals surface area contributed by atoms with Gasteiger partial charge in [0.1, 0.15) is 0 Å². The lowest BCUT2D eigenvalue weighted by Crippen LogP contribution is -2.23. The second-order valence-corrected chi connectivity index (χ2v) is 8.99. The number of nitrogens with zero attached hydrogens (tertiary/aromatic N) is 1. The maximum Gasteiger partial charge on any atom is 0.310 e. The van der Waals surface area contributed by atoms with Gasteiger partial charge in [0.05, 0.1) is 11.3 Å². The molecule has 1 N–H and O–H groups in total. The number of nitrogens with one attached hydrogen (secondary N) is 1. The van der Waals surface area contributed by atoms with E-state index in [0.717, 1.165) is 20.6 Å². The summed E-state index contributed by atoms with van der Waals surface area (Å²) in [5.41, 5.74) is 1.12.